The van der Waals surface area contributed by atoms with Crippen molar-refractivity contribution >= 4 is 40.5 Å². The highest BCUT2D eigenvalue weighted by Gasteiger charge is 2.39. The molecule has 1 atom stereocenters. The number of carbonyl (C=O) groups is 2. The largest absolute Gasteiger partial charge is 0.312 e. The van der Waals surface area contributed by atoms with E-state index in [0.29, 0.717) is 11.6 Å². The third kappa shape index (κ3) is 3.55. The molecule has 1 saturated heterocycles. The molecule has 2 heterocycles. The van der Waals surface area contributed by atoms with E-state index in [2.05, 4.69) is 0 Å². The normalized spacial score (nSPS) is 18.7. The Kier molecular flexibility index (Phi) is 4.96. The first-order chi connectivity index (χ1) is 13.8. The van der Waals surface area contributed by atoms with Crippen molar-refractivity contribution in [2.24, 2.45) is 5.92 Å². The fraction of sp³-hybridized carbons (Fsp3) is 0.300. The lowest BCUT2D eigenvalue weighted by atomic mass is 9.99. The molecular weight excluding hydrogens is 401 g/mol. The molecule has 0 spiro atoms. The summed E-state index contributed by atoms with van der Waals surface area (Å²) in [5.74, 6) is -2.03. The van der Waals surface area contributed by atoms with Crippen molar-refractivity contribution in [2.75, 3.05) is 22.9 Å². The standard InChI is InChI=1S/C20H17ClFN3O4/c21-14-3-6-17-12(8-14)2-1-7-23(17)20(27)13-9-19(26)24(11-13)15-4-5-16(22)18(10-15)25(28)29/h3-6,8,10,13H,1-2,7,9,11H2. The molecule has 2 aromatic rings. The van der Waals surface area contributed by atoms with Gasteiger partial charge >= 0.3 is 5.69 Å². The van der Waals surface area contributed by atoms with E-state index < -0.39 is 22.3 Å². The number of anilines is 2. The Labute approximate surface area is 170 Å². The average molecular weight is 418 g/mol. The summed E-state index contributed by atoms with van der Waals surface area (Å²) in [7, 11) is 0. The van der Waals surface area contributed by atoms with Gasteiger partial charge in [-0.05, 0) is 48.7 Å². The maximum atomic E-state index is 13.6. The van der Waals surface area contributed by atoms with Crippen molar-refractivity contribution in [2.45, 2.75) is 19.3 Å². The number of aryl methyl sites for hydroxylation is 1. The monoisotopic (exact) mass is 417 g/mol. The molecule has 7 nitrogen and oxygen atoms in total. The molecule has 1 unspecified atom stereocenters. The van der Waals surface area contributed by atoms with Gasteiger partial charge in [-0.2, -0.15) is 4.39 Å². The second-order valence-electron chi connectivity index (χ2n) is 7.16. The molecule has 1 fully saturated rings. The minimum atomic E-state index is -0.971. The summed E-state index contributed by atoms with van der Waals surface area (Å²) in [6.45, 7) is 0.653. The number of nitrogens with zero attached hydrogens (tertiary/aromatic N) is 3. The van der Waals surface area contributed by atoms with Crippen molar-refractivity contribution in [1.82, 2.24) is 0 Å². The number of amides is 2. The SMILES string of the molecule is O=C1CC(C(=O)N2CCCc3cc(Cl)ccc32)CN1c1ccc(F)c([N+](=O)[O-])c1. The van der Waals surface area contributed by atoms with E-state index in [9.17, 15) is 24.1 Å². The first-order valence-corrected chi connectivity index (χ1v) is 9.57. The molecule has 0 aromatic heterocycles. The number of hydrogen-bond acceptors (Lipinski definition) is 4. The van der Waals surface area contributed by atoms with Gasteiger partial charge in [0.05, 0.1) is 16.5 Å². The topological polar surface area (TPSA) is 83.8 Å². The average Bonchev–Trinajstić information content (AvgIpc) is 3.08. The number of carbonyl (C=O) groups excluding carboxylic acids is 2. The number of nitro benzene ring substituents is 1. The molecule has 0 bridgehead atoms. The van der Waals surface area contributed by atoms with Crippen molar-refractivity contribution < 1.29 is 18.9 Å². The first-order valence-electron chi connectivity index (χ1n) is 9.19. The van der Waals surface area contributed by atoms with Crippen molar-refractivity contribution in [3.8, 4) is 0 Å². The third-order valence-electron chi connectivity index (χ3n) is 5.34. The van der Waals surface area contributed by atoms with Crippen LogP contribution in [0.2, 0.25) is 5.02 Å². The second kappa shape index (κ2) is 7.44. The highest BCUT2D eigenvalue weighted by Crippen LogP contribution is 2.34. The lowest BCUT2D eigenvalue weighted by molar-refractivity contribution is -0.387. The van der Waals surface area contributed by atoms with E-state index in [4.69, 9.17) is 11.6 Å². The third-order valence-corrected chi connectivity index (χ3v) is 5.57. The summed E-state index contributed by atoms with van der Waals surface area (Å²) in [5.41, 5.74) is 1.30. The van der Waals surface area contributed by atoms with Crippen molar-refractivity contribution in [3.05, 3.63) is 62.9 Å². The van der Waals surface area contributed by atoms with Crippen LogP contribution in [0.25, 0.3) is 0 Å². The van der Waals surface area contributed by atoms with Crippen LogP contribution in [0.5, 0.6) is 0 Å². The smallest absolute Gasteiger partial charge is 0.306 e. The second-order valence-corrected chi connectivity index (χ2v) is 7.60. The van der Waals surface area contributed by atoms with Crippen molar-refractivity contribution in [3.63, 3.8) is 0 Å². The summed E-state index contributed by atoms with van der Waals surface area (Å²) >= 11 is 6.05. The predicted octanol–water partition coefficient (Wildman–Crippen LogP) is 3.72. The molecular formula is C20H17ClFN3O4. The van der Waals surface area contributed by atoms with E-state index in [1.807, 2.05) is 12.1 Å². The van der Waals surface area contributed by atoms with Gasteiger partial charge in [-0.3, -0.25) is 19.7 Å². The van der Waals surface area contributed by atoms with E-state index >= 15 is 0 Å². The highest BCUT2D eigenvalue weighted by molar-refractivity contribution is 6.30. The number of rotatable bonds is 3. The van der Waals surface area contributed by atoms with Crippen LogP contribution in [0.1, 0.15) is 18.4 Å². The van der Waals surface area contributed by atoms with Gasteiger partial charge in [-0.15, -0.1) is 0 Å². The lowest BCUT2D eigenvalue weighted by Gasteiger charge is -2.31. The fourth-order valence-corrected chi connectivity index (χ4v) is 4.14. The van der Waals surface area contributed by atoms with Crippen LogP contribution >= 0.6 is 11.6 Å². The van der Waals surface area contributed by atoms with Gasteiger partial charge in [0.25, 0.3) is 0 Å². The Balaban J connectivity index is 1.57. The van der Waals surface area contributed by atoms with Crippen LogP contribution in [0.15, 0.2) is 36.4 Å². The Hall–Kier alpha value is -3.00. The fourth-order valence-electron chi connectivity index (χ4n) is 3.95. The van der Waals surface area contributed by atoms with E-state index in [1.54, 1.807) is 11.0 Å². The maximum absolute atomic E-state index is 13.6. The number of fused-ring (bicyclic) bond motifs is 1. The van der Waals surface area contributed by atoms with Crippen LogP contribution in [-0.4, -0.2) is 29.8 Å². The summed E-state index contributed by atoms with van der Waals surface area (Å²) in [6, 6.07) is 8.69. The van der Waals surface area contributed by atoms with Gasteiger partial charge in [0.1, 0.15) is 0 Å². The zero-order valence-electron chi connectivity index (χ0n) is 15.3. The molecule has 4 rings (SSSR count). The molecule has 2 aliphatic heterocycles. The quantitative estimate of drug-likeness (QED) is 0.562. The summed E-state index contributed by atoms with van der Waals surface area (Å²) < 4.78 is 13.6. The van der Waals surface area contributed by atoms with Crippen LogP contribution in [0, 0.1) is 21.8 Å². The number of halogens is 2. The number of nitro groups is 1. The molecule has 9 heteroatoms. The highest BCUT2D eigenvalue weighted by atomic mass is 35.5. The van der Waals surface area contributed by atoms with Crippen molar-refractivity contribution in [1.29, 1.82) is 0 Å². The molecule has 150 valence electrons. The van der Waals surface area contributed by atoms with Gasteiger partial charge in [0.15, 0.2) is 0 Å². The zero-order valence-corrected chi connectivity index (χ0v) is 16.1. The van der Waals surface area contributed by atoms with Gasteiger partial charge in [0.2, 0.25) is 17.6 Å². The Bertz CT molecular complexity index is 1030. The van der Waals surface area contributed by atoms with Gasteiger partial charge in [-0.25, -0.2) is 0 Å². The minimum Gasteiger partial charge on any atom is -0.312 e. The van der Waals surface area contributed by atoms with E-state index in [-0.39, 0.29) is 30.5 Å². The maximum Gasteiger partial charge on any atom is 0.306 e. The van der Waals surface area contributed by atoms with Crippen LogP contribution < -0.4 is 9.80 Å². The number of hydrogen-bond donors (Lipinski definition) is 0. The summed E-state index contributed by atoms with van der Waals surface area (Å²) in [6.07, 6.45) is 1.63. The molecule has 0 aliphatic carbocycles. The number of benzene rings is 2. The summed E-state index contributed by atoms with van der Waals surface area (Å²) in [5, 5.41) is 11.6. The Morgan fingerprint density at radius 1 is 1.24 bits per heavy atom. The van der Waals surface area contributed by atoms with Crippen LogP contribution in [0.4, 0.5) is 21.5 Å². The van der Waals surface area contributed by atoms with Gasteiger partial charge in [-0.1, -0.05) is 11.6 Å². The summed E-state index contributed by atoms with van der Waals surface area (Å²) in [4.78, 5) is 38.8. The Morgan fingerprint density at radius 2 is 2.03 bits per heavy atom. The van der Waals surface area contributed by atoms with Gasteiger partial charge in [0, 0.05) is 36.3 Å². The van der Waals surface area contributed by atoms with Crippen LogP contribution in [0.3, 0.4) is 0 Å². The van der Waals surface area contributed by atoms with Gasteiger partial charge < -0.3 is 9.80 Å². The molecule has 2 aliphatic rings. The molecule has 2 amide bonds. The predicted molar refractivity (Wildman–Crippen MR) is 106 cm³/mol. The van der Waals surface area contributed by atoms with E-state index in [0.717, 1.165) is 36.2 Å². The molecule has 0 saturated carbocycles. The molecule has 29 heavy (non-hydrogen) atoms. The van der Waals surface area contributed by atoms with Crippen LogP contribution in [-0.2, 0) is 16.0 Å². The minimum absolute atomic E-state index is 0.00340. The Morgan fingerprint density at radius 3 is 2.79 bits per heavy atom. The molecule has 0 radical (unpaired) electrons. The molecule has 0 N–H and O–H groups in total. The zero-order chi connectivity index (χ0) is 20.7. The lowest BCUT2D eigenvalue weighted by Crippen LogP contribution is -2.40. The van der Waals surface area contributed by atoms with E-state index in [1.165, 1.54) is 11.0 Å². The molecule has 2 aromatic carbocycles. The first kappa shape index (κ1) is 19.3.